The second-order valence-corrected chi connectivity index (χ2v) is 6.29. The summed E-state index contributed by atoms with van der Waals surface area (Å²) in [5.41, 5.74) is 0.412. The number of halogens is 1. The molecule has 0 heterocycles. The van der Waals surface area contributed by atoms with Crippen LogP contribution in [0.2, 0.25) is 0 Å². The smallest absolute Gasteiger partial charge is 0.251 e. The van der Waals surface area contributed by atoms with E-state index in [1.807, 2.05) is 0 Å². The average Bonchev–Trinajstić information content (AvgIpc) is 2.94. The first kappa shape index (κ1) is 17.4. The minimum atomic E-state index is -0.543. The summed E-state index contributed by atoms with van der Waals surface area (Å²) in [6, 6.07) is 4.25. The number of unbranched alkanes of at least 4 members (excludes halogenated alkanes) is 1. The van der Waals surface area contributed by atoms with Gasteiger partial charge in [0.25, 0.3) is 5.91 Å². The molecule has 1 aromatic carbocycles. The van der Waals surface area contributed by atoms with Crippen LogP contribution in [0.4, 0.5) is 10.1 Å². The molecule has 0 radical (unpaired) electrons. The molecule has 2 N–H and O–H groups in total. The largest absolute Gasteiger partial charge is 0.349 e. The molecule has 2 amide bonds. The van der Waals surface area contributed by atoms with Gasteiger partial charge in [0.1, 0.15) is 5.82 Å². The molecule has 4 nitrogen and oxygen atoms in total. The van der Waals surface area contributed by atoms with Crippen LogP contribution in [0.3, 0.4) is 0 Å². The van der Waals surface area contributed by atoms with Crippen molar-refractivity contribution < 1.29 is 14.0 Å². The fourth-order valence-electron chi connectivity index (χ4n) is 3.24. The lowest BCUT2D eigenvalue weighted by molar-refractivity contribution is -0.114. The van der Waals surface area contributed by atoms with Crippen molar-refractivity contribution in [1.29, 1.82) is 0 Å². The summed E-state index contributed by atoms with van der Waals surface area (Å²) in [6.07, 6.45) is 6.78. The van der Waals surface area contributed by atoms with E-state index in [0.29, 0.717) is 11.5 Å². The molecular formula is C18H25FN2O2. The molecule has 1 fully saturated rings. The number of anilines is 1. The Balaban J connectivity index is 2.04. The van der Waals surface area contributed by atoms with Crippen molar-refractivity contribution in [2.75, 3.05) is 5.32 Å². The van der Waals surface area contributed by atoms with Crippen molar-refractivity contribution in [3.8, 4) is 0 Å². The molecule has 2 rings (SSSR count). The molecular weight excluding hydrogens is 295 g/mol. The van der Waals surface area contributed by atoms with E-state index in [9.17, 15) is 14.0 Å². The van der Waals surface area contributed by atoms with Crippen LogP contribution in [-0.4, -0.2) is 17.9 Å². The molecule has 0 saturated heterocycles. The van der Waals surface area contributed by atoms with Crippen molar-refractivity contribution in [3.63, 3.8) is 0 Å². The Morgan fingerprint density at radius 3 is 2.78 bits per heavy atom. The second kappa shape index (κ2) is 8.09. The summed E-state index contributed by atoms with van der Waals surface area (Å²) >= 11 is 0. The lowest BCUT2D eigenvalue weighted by Gasteiger charge is -2.21. The number of benzene rings is 1. The Bertz CT molecular complexity index is 574. The van der Waals surface area contributed by atoms with Crippen molar-refractivity contribution in [3.05, 3.63) is 29.6 Å². The van der Waals surface area contributed by atoms with Crippen molar-refractivity contribution >= 4 is 17.5 Å². The van der Waals surface area contributed by atoms with Crippen LogP contribution in [0, 0.1) is 11.7 Å². The van der Waals surface area contributed by atoms with Gasteiger partial charge in [-0.15, -0.1) is 0 Å². The summed E-state index contributed by atoms with van der Waals surface area (Å²) in [7, 11) is 0. The quantitative estimate of drug-likeness (QED) is 0.836. The van der Waals surface area contributed by atoms with Gasteiger partial charge in [0.2, 0.25) is 5.91 Å². The molecule has 5 heteroatoms. The van der Waals surface area contributed by atoms with Gasteiger partial charge in [-0.25, -0.2) is 4.39 Å². The predicted octanol–water partition coefficient (Wildman–Crippen LogP) is 3.87. The summed E-state index contributed by atoms with van der Waals surface area (Å²) in [6.45, 7) is 3.48. The standard InChI is InChI=1S/C18H25FN2O2/c1-3-4-6-13-7-5-8-16(13)21-18(23)14-9-10-15(19)17(11-14)20-12(2)22/h9-11,13,16H,3-8H2,1-2H3,(H,20,22)(H,21,23)/t13-,16+/m0/s1. The maximum atomic E-state index is 13.7. The van der Waals surface area contributed by atoms with Gasteiger partial charge >= 0.3 is 0 Å². The summed E-state index contributed by atoms with van der Waals surface area (Å²) in [5, 5.41) is 5.48. The molecule has 1 aromatic rings. The predicted molar refractivity (Wildman–Crippen MR) is 88.8 cm³/mol. The molecule has 0 aromatic heterocycles. The summed E-state index contributed by atoms with van der Waals surface area (Å²) in [4.78, 5) is 23.5. The van der Waals surface area contributed by atoms with Crippen molar-refractivity contribution in [2.45, 2.75) is 58.4 Å². The molecule has 126 valence electrons. The lowest BCUT2D eigenvalue weighted by Crippen LogP contribution is -2.37. The molecule has 0 unspecified atom stereocenters. The summed E-state index contributed by atoms with van der Waals surface area (Å²) in [5.74, 6) is -0.575. The highest BCUT2D eigenvalue weighted by Gasteiger charge is 2.28. The van der Waals surface area contributed by atoms with Crippen molar-refractivity contribution in [2.24, 2.45) is 5.92 Å². The van der Waals surface area contributed by atoms with Gasteiger partial charge in [-0.3, -0.25) is 9.59 Å². The summed E-state index contributed by atoms with van der Waals surface area (Å²) < 4.78 is 13.7. The first-order chi connectivity index (χ1) is 11.0. The molecule has 0 spiro atoms. The van der Waals surface area contributed by atoms with Crippen LogP contribution in [0.15, 0.2) is 18.2 Å². The zero-order chi connectivity index (χ0) is 16.8. The number of nitrogens with one attached hydrogen (secondary N) is 2. The zero-order valence-electron chi connectivity index (χ0n) is 13.8. The van der Waals surface area contributed by atoms with Crippen molar-refractivity contribution in [1.82, 2.24) is 5.32 Å². The van der Waals surface area contributed by atoms with Crippen LogP contribution < -0.4 is 10.6 Å². The third kappa shape index (κ3) is 4.78. The molecule has 1 aliphatic carbocycles. The van der Waals surface area contributed by atoms with Crippen LogP contribution >= 0.6 is 0 Å². The number of amides is 2. The molecule has 2 atom stereocenters. The Labute approximate surface area is 136 Å². The maximum Gasteiger partial charge on any atom is 0.251 e. The van der Waals surface area contributed by atoms with Crippen LogP contribution in [0.25, 0.3) is 0 Å². The number of carbonyl (C=O) groups excluding carboxylic acids is 2. The fraction of sp³-hybridized carbons (Fsp3) is 0.556. The third-order valence-electron chi connectivity index (χ3n) is 4.44. The number of hydrogen-bond donors (Lipinski definition) is 2. The molecule has 23 heavy (non-hydrogen) atoms. The van der Waals surface area contributed by atoms with Gasteiger partial charge < -0.3 is 10.6 Å². The van der Waals surface area contributed by atoms with Crippen LogP contribution in [-0.2, 0) is 4.79 Å². The lowest BCUT2D eigenvalue weighted by atomic mass is 9.96. The van der Waals surface area contributed by atoms with E-state index in [-0.39, 0.29) is 23.5 Å². The van der Waals surface area contributed by atoms with E-state index in [1.165, 1.54) is 31.5 Å². The van der Waals surface area contributed by atoms with Gasteiger partial charge in [-0.05, 0) is 43.4 Å². The van der Waals surface area contributed by atoms with Crippen LogP contribution in [0.5, 0.6) is 0 Å². The number of carbonyl (C=O) groups is 2. The Morgan fingerprint density at radius 2 is 2.09 bits per heavy atom. The van der Waals surface area contributed by atoms with Gasteiger partial charge in [0, 0.05) is 18.5 Å². The highest BCUT2D eigenvalue weighted by molar-refractivity contribution is 5.97. The monoisotopic (exact) mass is 320 g/mol. The molecule has 0 aliphatic heterocycles. The zero-order valence-corrected chi connectivity index (χ0v) is 13.8. The number of rotatable bonds is 6. The number of hydrogen-bond acceptors (Lipinski definition) is 2. The molecule has 1 saturated carbocycles. The fourth-order valence-corrected chi connectivity index (χ4v) is 3.24. The van der Waals surface area contributed by atoms with Gasteiger partial charge in [0.15, 0.2) is 0 Å². The average molecular weight is 320 g/mol. The molecule has 1 aliphatic rings. The third-order valence-corrected chi connectivity index (χ3v) is 4.44. The second-order valence-electron chi connectivity index (χ2n) is 6.29. The van der Waals surface area contributed by atoms with Gasteiger partial charge in [-0.1, -0.05) is 26.2 Å². The van der Waals surface area contributed by atoms with E-state index in [0.717, 1.165) is 32.1 Å². The Kier molecular flexibility index (Phi) is 6.13. The van der Waals surface area contributed by atoms with E-state index in [1.54, 1.807) is 0 Å². The van der Waals surface area contributed by atoms with E-state index < -0.39 is 5.82 Å². The molecule has 0 bridgehead atoms. The minimum Gasteiger partial charge on any atom is -0.349 e. The minimum absolute atomic E-state index is 0.0408. The highest BCUT2D eigenvalue weighted by atomic mass is 19.1. The topological polar surface area (TPSA) is 58.2 Å². The maximum absolute atomic E-state index is 13.7. The van der Waals surface area contributed by atoms with Gasteiger partial charge in [0.05, 0.1) is 5.69 Å². The van der Waals surface area contributed by atoms with E-state index >= 15 is 0 Å². The van der Waals surface area contributed by atoms with E-state index in [2.05, 4.69) is 17.6 Å². The van der Waals surface area contributed by atoms with Gasteiger partial charge in [-0.2, -0.15) is 0 Å². The highest BCUT2D eigenvalue weighted by Crippen LogP contribution is 2.30. The van der Waals surface area contributed by atoms with Crippen LogP contribution in [0.1, 0.15) is 62.7 Å². The first-order valence-corrected chi connectivity index (χ1v) is 8.39. The van der Waals surface area contributed by atoms with E-state index in [4.69, 9.17) is 0 Å². The first-order valence-electron chi connectivity index (χ1n) is 8.39. The Morgan fingerprint density at radius 1 is 1.30 bits per heavy atom. The SMILES string of the molecule is CCCC[C@H]1CCC[C@H]1NC(=O)c1ccc(F)c(NC(C)=O)c1. The Hall–Kier alpha value is -1.91. The normalized spacial score (nSPS) is 20.3.